The van der Waals surface area contributed by atoms with E-state index in [1.165, 1.54) is 17.0 Å². The molecule has 0 heterocycles. The standard InChI is InChI=1S/C30H31N3O6/c1-30(2,3)39-29(38)33(24-17-18-24)20-26(34)31-19-25(28(36)37)32-27(35)23-15-13-22(14-16-23)12-8-7-11-21-9-5-4-6-10-21/h4-6,9-10,13-16,24-25H,17-20H2,1-3H3,(H,31,34)(H,32,35)(H,36,37)/t25-/m0/s1. The molecule has 3 N–H and O–H groups in total. The third kappa shape index (κ3) is 9.90. The summed E-state index contributed by atoms with van der Waals surface area (Å²) in [4.78, 5) is 50.6. The Morgan fingerprint density at radius 3 is 2.10 bits per heavy atom. The van der Waals surface area contributed by atoms with E-state index in [2.05, 4.69) is 34.3 Å². The number of ether oxygens (including phenoxy) is 1. The number of carbonyl (C=O) groups excluding carboxylic acids is 3. The second kappa shape index (κ2) is 13.2. The van der Waals surface area contributed by atoms with E-state index in [4.69, 9.17) is 4.74 Å². The van der Waals surface area contributed by atoms with Crippen LogP contribution in [0.1, 0.15) is 55.1 Å². The Hall–Kier alpha value is -4.76. The Morgan fingerprint density at radius 1 is 0.974 bits per heavy atom. The average molecular weight is 530 g/mol. The van der Waals surface area contributed by atoms with E-state index in [-0.39, 0.29) is 24.7 Å². The number of benzene rings is 2. The lowest BCUT2D eigenvalue weighted by Gasteiger charge is -2.27. The van der Waals surface area contributed by atoms with Gasteiger partial charge >= 0.3 is 12.1 Å². The molecule has 1 atom stereocenters. The fraction of sp³-hybridized carbons (Fsp3) is 0.333. The first kappa shape index (κ1) is 28.8. The molecule has 0 radical (unpaired) electrons. The van der Waals surface area contributed by atoms with Crippen molar-refractivity contribution in [2.75, 3.05) is 13.1 Å². The first-order valence-corrected chi connectivity index (χ1v) is 12.5. The van der Waals surface area contributed by atoms with E-state index >= 15 is 0 Å². The van der Waals surface area contributed by atoms with Crippen molar-refractivity contribution in [3.63, 3.8) is 0 Å². The van der Waals surface area contributed by atoms with Gasteiger partial charge in [-0.25, -0.2) is 9.59 Å². The number of amides is 3. The predicted octanol–water partition coefficient (Wildman–Crippen LogP) is 2.79. The molecule has 202 valence electrons. The fourth-order valence-electron chi connectivity index (χ4n) is 3.35. The first-order chi connectivity index (χ1) is 18.5. The Kier molecular flexibility index (Phi) is 9.72. The van der Waals surface area contributed by atoms with Crippen LogP contribution in [0.25, 0.3) is 0 Å². The minimum Gasteiger partial charge on any atom is -0.480 e. The Bertz CT molecular complexity index is 1320. The highest BCUT2D eigenvalue weighted by atomic mass is 16.6. The molecule has 1 fully saturated rings. The maximum absolute atomic E-state index is 12.6. The zero-order chi connectivity index (χ0) is 28.4. The average Bonchev–Trinajstić information content (AvgIpc) is 3.72. The van der Waals surface area contributed by atoms with Gasteiger partial charge in [-0.05, 0) is 81.9 Å². The summed E-state index contributed by atoms with van der Waals surface area (Å²) in [6, 6.07) is 14.3. The van der Waals surface area contributed by atoms with Gasteiger partial charge in [-0.15, -0.1) is 0 Å². The van der Waals surface area contributed by atoms with Gasteiger partial charge < -0.3 is 20.5 Å². The largest absolute Gasteiger partial charge is 0.480 e. The Labute approximate surface area is 227 Å². The molecule has 2 aromatic rings. The van der Waals surface area contributed by atoms with Crippen molar-refractivity contribution in [3.8, 4) is 23.7 Å². The summed E-state index contributed by atoms with van der Waals surface area (Å²) in [5.74, 6) is 8.86. The molecule has 2 aromatic carbocycles. The minimum atomic E-state index is -1.37. The first-order valence-electron chi connectivity index (χ1n) is 12.5. The normalized spacial score (nSPS) is 12.9. The van der Waals surface area contributed by atoms with Crippen molar-refractivity contribution in [1.82, 2.24) is 15.5 Å². The zero-order valence-electron chi connectivity index (χ0n) is 22.1. The highest BCUT2D eigenvalue weighted by molar-refractivity contribution is 5.97. The van der Waals surface area contributed by atoms with Crippen LogP contribution in [-0.4, -0.2) is 64.7 Å². The van der Waals surface area contributed by atoms with Gasteiger partial charge in [0.1, 0.15) is 18.2 Å². The van der Waals surface area contributed by atoms with Gasteiger partial charge in [-0.2, -0.15) is 0 Å². The van der Waals surface area contributed by atoms with Gasteiger partial charge in [0.2, 0.25) is 5.91 Å². The van der Waals surface area contributed by atoms with Gasteiger partial charge in [-0.1, -0.05) is 30.0 Å². The number of nitrogens with one attached hydrogen (secondary N) is 2. The van der Waals surface area contributed by atoms with Gasteiger partial charge in [0.15, 0.2) is 0 Å². The summed E-state index contributed by atoms with van der Waals surface area (Å²) in [7, 11) is 0. The lowest BCUT2D eigenvalue weighted by Crippen LogP contribution is -2.51. The molecule has 0 aromatic heterocycles. The van der Waals surface area contributed by atoms with Crippen LogP contribution in [0.15, 0.2) is 54.6 Å². The number of carbonyl (C=O) groups is 4. The molecule has 1 aliphatic rings. The van der Waals surface area contributed by atoms with E-state index in [9.17, 15) is 24.3 Å². The van der Waals surface area contributed by atoms with Crippen molar-refractivity contribution in [2.24, 2.45) is 0 Å². The summed E-state index contributed by atoms with van der Waals surface area (Å²) in [5, 5.41) is 14.4. The number of rotatable bonds is 8. The summed E-state index contributed by atoms with van der Waals surface area (Å²) in [6.45, 7) is 4.59. The molecule has 0 bridgehead atoms. The summed E-state index contributed by atoms with van der Waals surface area (Å²) in [6.07, 6.45) is 0.942. The van der Waals surface area contributed by atoms with E-state index < -0.39 is 35.5 Å². The van der Waals surface area contributed by atoms with Crippen LogP contribution in [0.4, 0.5) is 4.79 Å². The molecule has 9 nitrogen and oxygen atoms in total. The topological polar surface area (TPSA) is 125 Å². The van der Waals surface area contributed by atoms with E-state index in [0.29, 0.717) is 5.56 Å². The molecular formula is C30H31N3O6. The molecule has 3 amide bonds. The van der Waals surface area contributed by atoms with Crippen molar-refractivity contribution < 1.29 is 29.0 Å². The Morgan fingerprint density at radius 2 is 1.56 bits per heavy atom. The van der Waals surface area contributed by atoms with E-state index in [1.54, 1.807) is 32.9 Å². The van der Waals surface area contributed by atoms with Gasteiger partial charge in [0.25, 0.3) is 5.91 Å². The molecule has 39 heavy (non-hydrogen) atoms. The minimum absolute atomic E-state index is 0.0795. The predicted molar refractivity (Wildman–Crippen MR) is 145 cm³/mol. The lowest BCUT2D eigenvalue weighted by molar-refractivity contribution is -0.139. The molecule has 3 rings (SSSR count). The fourth-order valence-corrected chi connectivity index (χ4v) is 3.35. The van der Waals surface area contributed by atoms with Crippen molar-refractivity contribution in [3.05, 3.63) is 71.3 Å². The van der Waals surface area contributed by atoms with Crippen LogP contribution in [0.5, 0.6) is 0 Å². The highest BCUT2D eigenvalue weighted by Crippen LogP contribution is 2.28. The molecule has 1 aliphatic carbocycles. The molecular weight excluding hydrogens is 498 g/mol. The SMILES string of the molecule is CC(C)(C)OC(=O)N(CC(=O)NC[C@H](NC(=O)c1ccc(C#CC#Cc2ccccc2)cc1)C(=O)O)C1CC1. The van der Waals surface area contributed by atoms with Crippen LogP contribution >= 0.6 is 0 Å². The van der Waals surface area contributed by atoms with Gasteiger partial charge in [0, 0.05) is 29.3 Å². The van der Waals surface area contributed by atoms with Crippen molar-refractivity contribution in [1.29, 1.82) is 0 Å². The monoisotopic (exact) mass is 529 g/mol. The zero-order valence-corrected chi connectivity index (χ0v) is 22.1. The molecule has 0 unspecified atom stereocenters. The van der Waals surface area contributed by atoms with E-state index in [0.717, 1.165) is 18.4 Å². The number of hydrogen-bond acceptors (Lipinski definition) is 5. The molecule has 0 aliphatic heterocycles. The molecule has 1 saturated carbocycles. The van der Waals surface area contributed by atoms with Gasteiger partial charge in [0.05, 0.1) is 0 Å². The number of nitrogens with zero attached hydrogens (tertiary/aromatic N) is 1. The third-order valence-electron chi connectivity index (χ3n) is 5.43. The molecule has 0 spiro atoms. The summed E-state index contributed by atoms with van der Waals surface area (Å²) < 4.78 is 5.36. The molecule has 0 saturated heterocycles. The van der Waals surface area contributed by atoms with Crippen LogP contribution < -0.4 is 10.6 Å². The summed E-state index contributed by atoms with van der Waals surface area (Å²) >= 11 is 0. The third-order valence-corrected chi connectivity index (χ3v) is 5.43. The maximum Gasteiger partial charge on any atom is 0.411 e. The number of hydrogen-bond donors (Lipinski definition) is 3. The van der Waals surface area contributed by atoms with Crippen LogP contribution in [0, 0.1) is 23.7 Å². The number of carboxylic acid groups (broad SMARTS) is 1. The highest BCUT2D eigenvalue weighted by Gasteiger charge is 2.36. The van der Waals surface area contributed by atoms with Crippen molar-refractivity contribution >= 4 is 23.9 Å². The second-order valence-corrected chi connectivity index (χ2v) is 9.95. The molecule has 9 heteroatoms. The smallest absolute Gasteiger partial charge is 0.411 e. The van der Waals surface area contributed by atoms with Crippen LogP contribution in [-0.2, 0) is 14.3 Å². The number of carboxylic acids is 1. The maximum atomic E-state index is 12.6. The Balaban J connectivity index is 1.52. The number of aliphatic carboxylic acids is 1. The van der Waals surface area contributed by atoms with Crippen molar-refractivity contribution in [2.45, 2.75) is 51.3 Å². The quantitative estimate of drug-likeness (QED) is 0.452. The lowest BCUT2D eigenvalue weighted by atomic mass is 10.1. The van der Waals surface area contributed by atoms with Crippen LogP contribution in [0.2, 0.25) is 0 Å². The second-order valence-electron chi connectivity index (χ2n) is 9.95. The van der Waals surface area contributed by atoms with E-state index in [1.807, 2.05) is 30.3 Å². The van der Waals surface area contributed by atoms with Crippen LogP contribution in [0.3, 0.4) is 0 Å². The summed E-state index contributed by atoms with van der Waals surface area (Å²) in [5.41, 5.74) is 1.02. The van der Waals surface area contributed by atoms with Gasteiger partial charge in [-0.3, -0.25) is 14.5 Å².